The predicted molar refractivity (Wildman–Crippen MR) is 159 cm³/mol. The van der Waals surface area contributed by atoms with Gasteiger partial charge in [0, 0.05) is 45.9 Å². The summed E-state index contributed by atoms with van der Waals surface area (Å²) in [6.45, 7) is 7.65. The molecule has 0 aliphatic carbocycles. The van der Waals surface area contributed by atoms with E-state index >= 15 is 0 Å². The van der Waals surface area contributed by atoms with Gasteiger partial charge in [-0.3, -0.25) is 0 Å². The highest BCUT2D eigenvalue weighted by Crippen LogP contribution is 2.35. The molecule has 4 atom stereocenters. The van der Waals surface area contributed by atoms with Crippen molar-refractivity contribution in [2.45, 2.75) is 63.6 Å². The quantitative estimate of drug-likeness (QED) is 0.165. The molecule has 2 aliphatic rings. The molecule has 4 rings (SSSR count). The average molecular weight is 588 g/mol. The van der Waals surface area contributed by atoms with Crippen molar-refractivity contribution in [1.82, 2.24) is 5.32 Å². The smallest absolute Gasteiger partial charge is 0.294 e. The largest absolute Gasteiger partial charge is 0.490 e. The van der Waals surface area contributed by atoms with Gasteiger partial charge in [0.2, 0.25) is 0 Å². The first-order valence-corrected chi connectivity index (χ1v) is 14.8. The molecule has 0 bridgehead atoms. The number of benzene rings is 2. The van der Waals surface area contributed by atoms with Crippen molar-refractivity contribution in [1.29, 1.82) is 0 Å². The average Bonchev–Trinajstić information content (AvgIpc) is 2.99. The van der Waals surface area contributed by atoms with Crippen LogP contribution in [0.5, 0.6) is 5.75 Å². The van der Waals surface area contributed by atoms with Crippen molar-refractivity contribution in [3.8, 4) is 5.75 Å². The number of ether oxygens (including phenoxy) is 5. The van der Waals surface area contributed by atoms with Gasteiger partial charge >= 0.3 is 0 Å². The summed E-state index contributed by atoms with van der Waals surface area (Å²) < 4.78 is 28.5. The standard InChI is InChI=1S/C31H45N3O8/c1-23(42-34(35)36)17-27-19-28(26-8-5-24(6-9-26)21-39-16-15-38-3)31(20-32-27)41-22-25-7-10-30-29(18-25)33(12-14-40-30)11-4-13-37-2/h5-10,18,23,27-28,31-32H,4,11-17,19-22H2,1-3H3/t23-,27-,28-,31+/m1/s1. The van der Waals surface area contributed by atoms with Gasteiger partial charge in [0.1, 0.15) is 18.5 Å². The van der Waals surface area contributed by atoms with Crippen LogP contribution >= 0.6 is 0 Å². The van der Waals surface area contributed by atoms with Crippen LogP contribution in [0.3, 0.4) is 0 Å². The fraction of sp³-hybridized carbons (Fsp3) is 0.613. The van der Waals surface area contributed by atoms with Gasteiger partial charge in [0.25, 0.3) is 5.09 Å². The van der Waals surface area contributed by atoms with E-state index in [0.29, 0.717) is 46.0 Å². The summed E-state index contributed by atoms with van der Waals surface area (Å²) in [6, 6.07) is 14.8. The Morgan fingerprint density at radius 2 is 1.86 bits per heavy atom. The van der Waals surface area contributed by atoms with Crippen molar-refractivity contribution in [3.63, 3.8) is 0 Å². The van der Waals surface area contributed by atoms with Gasteiger partial charge in [0.15, 0.2) is 0 Å². The number of piperidine rings is 1. The molecule has 2 aliphatic heterocycles. The highest BCUT2D eigenvalue weighted by molar-refractivity contribution is 5.61. The molecule has 2 heterocycles. The third-order valence-electron chi connectivity index (χ3n) is 7.81. The van der Waals surface area contributed by atoms with Crippen molar-refractivity contribution < 1.29 is 33.6 Å². The monoisotopic (exact) mass is 587 g/mol. The summed E-state index contributed by atoms with van der Waals surface area (Å²) in [5.74, 6) is 1.02. The van der Waals surface area contributed by atoms with E-state index < -0.39 is 11.2 Å². The maximum atomic E-state index is 10.8. The highest BCUT2D eigenvalue weighted by atomic mass is 17.0. The Morgan fingerprint density at radius 1 is 1.07 bits per heavy atom. The van der Waals surface area contributed by atoms with Gasteiger partial charge in [0.05, 0.1) is 44.8 Å². The lowest BCUT2D eigenvalue weighted by molar-refractivity contribution is -0.767. The van der Waals surface area contributed by atoms with Gasteiger partial charge in [-0.1, -0.05) is 30.3 Å². The Labute approximate surface area is 248 Å². The Morgan fingerprint density at radius 3 is 2.62 bits per heavy atom. The minimum Gasteiger partial charge on any atom is -0.490 e. The second-order valence-electron chi connectivity index (χ2n) is 10.9. The number of anilines is 1. The third-order valence-corrected chi connectivity index (χ3v) is 7.81. The fourth-order valence-electron chi connectivity index (χ4n) is 5.70. The molecule has 0 unspecified atom stereocenters. The van der Waals surface area contributed by atoms with E-state index in [-0.39, 0.29) is 18.1 Å². The first kappa shape index (κ1) is 32.0. The number of methoxy groups -OCH3 is 2. The number of nitrogens with zero attached hydrogens (tertiary/aromatic N) is 2. The zero-order chi connectivity index (χ0) is 29.7. The minimum atomic E-state index is -0.716. The molecular weight excluding hydrogens is 542 g/mol. The van der Waals surface area contributed by atoms with Crippen LogP contribution in [0, 0.1) is 10.1 Å². The van der Waals surface area contributed by atoms with E-state index in [2.05, 4.69) is 46.6 Å². The lowest BCUT2D eigenvalue weighted by Crippen LogP contribution is -2.48. The molecule has 1 fully saturated rings. The van der Waals surface area contributed by atoms with Crippen LogP contribution in [0.4, 0.5) is 5.69 Å². The molecule has 11 nitrogen and oxygen atoms in total. The van der Waals surface area contributed by atoms with E-state index in [1.165, 1.54) is 5.56 Å². The molecule has 0 amide bonds. The predicted octanol–water partition coefficient (Wildman–Crippen LogP) is 4.10. The summed E-state index contributed by atoms with van der Waals surface area (Å²) in [6.07, 6.45) is 1.72. The summed E-state index contributed by atoms with van der Waals surface area (Å²) in [4.78, 5) is 18.0. The molecule has 1 N–H and O–H groups in total. The maximum absolute atomic E-state index is 10.8. The van der Waals surface area contributed by atoms with E-state index in [1.807, 2.05) is 6.07 Å². The lowest BCUT2D eigenvalue weighted by atomic mass is 9.82. The SMILES string of the molecule is COCCCN1CCOc2ccc(CO[C@H]3CN[C@H](C[C@@H](C)O[N+](=O)[O-])C[C@@H]3c3ccc(COCCOC)cc3)cc21. The number of fused-ring (bicyclic) bond motifs is 1. The zero-order valence-electron chi connectivity index (χ0n) is 25.0. The number of rotatable bonds is 17. The molecule has 1 saturated heterocycles. The zero-order valence-corrected chi connectivity index (χ0v) is 25.0. The van der Waals surface area contributed by atoms with E-state index in [0.717, 1.165) is 55.1 Å². The Hall–Kier alpha value is -2.96. The molecule has 0 radical (unpaired) electrons. The van der Waals surface area contributed by atoms with Crippen LogP contribution in [0.15, 0.2) is 42.5 Å². The van der Waals surface area contributed by atoms with Gasteiger partial charge in [-0.25, -0.2) is 0 Å². The first-order chi connectivity index (χ1) is 20.5. The second-order valence-corrected chi connectivity index (χ2v) is 10.9. The number of hydrogen-bond acceptors (Lipinski definition) is 10. The first-order valence-electron chi connectivity index (χ1n) is 14.8. The third kappa shape index (κ3) is 9.53. The summed E-state index contributed by atoms with van der Waals surface area (Å²) in [7, 11) is 3.39. The fourth-order valence-corrected chi connectivity index (χ4v) is 5.70. The van der Waals surface area contributed by atoms with Gasteiger partial charge in [-0.15, -0.1) is 10.1 Å². The van der Waals surface area contributed by atoms with Crippen molar-refractivity contribution in [2.75, 3.05) is 65.2 Å². The topological polar surface area (TPSA) is 114 Å². The molecular formula is C31H45N3O8. The van der Waals surface area contributed by atoms with E-state index in [4.69, 9.17) is 28.5 Å². The molecule has 42 heavy (non-hydrogen) atoms. The molecule has 0 aromatic heterocycles. The molecule has 232 valence electrons. The van der Waals surface area contributed by atoms with E-state index in [9.17, 15) is 10.1 Å². The summed E-state index contributed by atoms with van der Waals surface area (Å²) >= 11 is 0. The van der Waals surface area contributed by atoms with Crippen LogP contribution in [0.25, 0.3) is 0 Å². The molecule has 0 saturated carbocycles. The summed E-state index contributed by atoms with van der Waals surface area (Å²) in [5.41, 5.74) is 4.46. The van der Waals surface area contributed by atoms with Gasteiger partial charge < -0.3 is 38.7 Å². The minimum absolute atomic E-state index is 0.0677. The summed E-state index contributed by atoms with van der Waals surface area (Å²) in [5, 5.41) is 13.7. The molecule has 2 aromatic carbocycles. The van der Waals surface area contributed by atoms with Gasteiger partial charge in [-0.2, -0.15) is 0 Å². The van der Waals surface area contributed by atoms with Crippen molar-refractivity contribution in [3.05, 3.63) is 69.3 Å². The Kier molecular flexibility index (Phi) is 12.6. The van der Waals surface area contributed by atoms with Crippen LogP contribution in [-0.2, 0) is 37.0 Å². The molecule has 0 spiro atoms. The van der Waals surface area contributed by atoms with Crippen LogP contribution in [0.2, 0.25) is 0 Å². The lowest BCUT2D eigenvalue weighted by Gasteiger charge is -2.38. The van der Waals surface area contributed by atoms with Crippen molar-refractivity contribution >= 4 is 5.69 Å². The molecule has 11 heteroatoms. The highest BCUT2D eigenvalue weighted by Gasteiger charge is 2.33. The normalized spacial score (nSPS) is 20.9. The van der Waals surface area contributed by atoms with Crippen molar-refractivity contribution in [2.24, 2.45) is 0 Å². The van der Waals surface area contributed by atoms with Crippen LogP contribution < -0.4 is 15.0 Å². The maximum Gasteiger partial charge on any atom is 0.294 e. The van der Waals surface area contributed by atoms with Gasteiger partial charge in [-0.05, 0) is 55.0 Å². The van der Waals surface area contributed by atoms with Crippen LogP contribution in [-0.4, -0.2) is 83.6 Å². The molecule has 2 aromatic rings. The van der Waals surface area contributed by atoms with Crippen LogP contribution in [0.1, 0.15) is 48.8 Å². The Bertz CT molecular complexity index is 1100. The number of nitrogens with one attached hydrogen (secondary N) is 1. The van der Waals surface area contributed by atoms with E-state index in [1.54, 1.807) is 21.1 Å². The second kappa shape index (κ2) is 16.6. The Balaban J connectivity index is 1.43. The number of hydrogen-bond donors (Lipinski definition) is 1.